The summed E-state index contributed by atoms with van der Waals surface area (Å²) in [5, 5.41) is 6.66. The summed E-state index contributed by atoms with van der Waals surface area (Å²) in [7, 11) is 0. The van der Waals surface area contributed by atoms with Crippen LogP contribution >= 0.6 is 24.0 Å². The van der Waals surface area contributed by atoms with E-state index in [1.807, 2.05) is 0 Å². The van der Waals surface area contributed by atoms with Gasteiger partial charge in [-0.3, -0.25) is 4.99 Å². The first-order chi connectivity index (χ1) is 10.3. The van der Waals surface area contributed by atoms with E-state index in [1.54, 1.807) is 0 Å². The minimum Gasteiger partial charge on any atom is -0.372 e. The molecule has 0 bridgehead atoms. The Balaban J connectivity index is 0.00000176. The Hall–Kier alpha value is -0.980. The molecule has 2 aliphatic rings. The van der Waals surface area contributed by atoms with Crippen molar-refractivity contribution in [2.45, 2.75) is 32.7 Å². The Morgan fingerprint density at radius 3 is 2.59 bits per heavy atom. The highest BCUT2D eigenvalue weighted by Gasteiger charge is 2.15. The number of guanidine groups is 1. The second-order valence-electron chi connectivity index (χ2n) is 6.20. The zero-order valence-electron chi connectivity index (χ0n) is 13.3. The van der Waals surface area contributed by atoms with E-state index in [9.17, 15) is 0 Å². The van der Waals surface area contributed by atoms with Gasteiger partial charge in [0.25, 0.3) is 0 Å². The summed E-state index contributed by atoms with van der Waals surface area (Å²) in [6.07, 6.45) is 3.76. The maximum Gasteiger partial charge on any atom is 0.191 e. The number of hydrogen-bond donors (Lipinski definition) is 2. The number of aliphatic imine (C=N–C) groups is 1. The van der Waals surface area contributed by atoms with Gasteiger partial charge in [-0.2, -0.15) is 0 Å². The standard InChI is InChI=1S/C17H26N4.HI/c1-14-7-11-21(12-8-14)16-5-3-15(4-6-16)13-20-17-18-9-2-10-19-17;/h3-6,14H,2,7-13H2,1H3,(H2,18,19,20);1H. The lowest BCUT2D eigenvalue weighted by Crippen LogP contribution is -2.40. The molecular weight excluding hydrogens is 387 g/mol. The molecule has 2 aliphatic heterocycles. The highest BCUT2D eigenvalue weighted by molar-refractivity contribution is 14.0. The third kappa shape index (κ3) is 4.76. The van der Waals surface area contributed by atoms with Gasteiger partial charge in [-0.15, -0.1) is 24.0 Å². The Bertz CT molecular complexity index is 478. The van der Waals surface area contributed by atoms with E-state index >= 15 is 0 Å². The van der Waals surface area contributed by atoms with Gasteiger partial charge < -0.3 is 15.5 Å². The van der Waals surface area contributed by atoms with Crippen molar-refractivity contribution in [3.63, 3.8) is 0 Å². The molecule has 0 spiro atoms. The minimum absolute atomic E-state index is 0. The molecule has 0 aliphatic carbocycles. The molecule has 0 atom stereocenters. The molecule has 3 rings (SSSR count). The monoisotopic (exact) mass is 414 g/mol. The van der Waals surface area contributed by atoms with Gasteiger partial charge in [-0.05, 0) is 42.9 Å². The van der Waals surface area contributed by atoms with Gasteiger partial charge in [-0.1, -0.05) is 19.1 Å². The normalized spacial score (nSPS) is 19.0. The van der Waals surface area contributed by atoms with Crippen LogP contribution in [0.4, 0.5) is 5.69 Å². The summed E-state index contributed by atoms with van der Waals surface area (Å²) in [6, 6.07) is 8.96. The number of halogens is 1. The van der Waals surface area contributed by atoms with E-state index in [0.29, 0.717) is 0 Å². The summed E-state index contributed by atoms with van der Waals surface area (Å²) < 4.78 is 0. The molecular formula is C17H27IN4. The Morgan fingerprint density at radius 1 is 1.23 bits per heavy atom. The van der Waals surface area contributed by atoms with Crippen molar-refractivity contribution in [1.82, 2.24) is 10.6 Å². The number of anilines is 1. The summed E-state index contributed by atoms with van der Waals surface area (Å²) in [5.41, 5.74) is 2.66. The second-order valence-corrected chi connectivity index (χ2v) is 6.20. The quantitative estimate of drug-likeness (QED) is 0.748. The molecule has 22 heavy (non-hydrogen) atoms. The van der Waals surface area contributed by atoms with Crippen LogP contribution in [0, 0.1) is 5.92 Å². The van der Waals surface area contributed by atoms with Gasteiger partial charge >= 0.3 is 0 Å². The summed E-state index contributed by atoms with van der Waals surface area (Å²) in [4.78, 5) is 6.93. The first kappa shape index (κ1) is 17.4. The Morgan fingerprint density at radius 2 is 1.95 bits per heavy atom. The van der Waals surface area contributed by atoms with E-state index in [1.165, 1.54) is 37.2 Å². The first-order valence-corrected chi connectivity index (χ1v) is 8.17. The van der Waals surface area contributed by atoms with Gasteiger partial charge in [0.15, 0.2) is 5.96 Å². The van der Waals surface area contributed by atoms with Gasteiger partial charge in [0, 0.05) is 38.4 Å². The van der Waals surface area contributed by atoms with Crippen molar-refractivity contribution in [3.8, 4) is 0 Å². The predicted octanol–water partition coefficient (Wildman–Crippen LogP) is 2.98. The van der Waals surface area contributed by atoms with Gasteiger partial charge in [0.05, 0.1) is 0 Å². The third-order valence-corrected chi connectivity index (χ3v) is 4.44. The summed E-state index contributed by atoms with van der Waals surface area (Å²) in [6.45, 7) is 7.54. The molecule has 2 N–H and O–H groups in total. The van der Waals surface area contributed by atoms with Crippen LogP contribution in [-0.2, 0) is 6.54 Å². The molecule has 5 heteroatoms. The zero-order chi connectivity index (χ0) is 14.5. The highest BCUT2D eigenvalue weighted by Crippen LogP contribution is 2.23. The maximum absolute atomic E-state index is 4.43. The fourth-order valence-corrected chi connectivity index (χ4v) is 2.93. The molecule has 4 nitrogen and oxygen atoms in total. The topological polar surface area (TPSA) is 39.7 Å². The second kappa shape index (κ2) is 8.60. The molecule has 2 heterocycles. The molecule has 1 aromatic carbocycles. The van der Waals surface area contributed by atoms with Crippen molar-refractivity contribution < 1.29 is 0 Å². The average molecular weight is 414 g/mol. The van der Waals surface area contributed by atoms with E-state index < -0.39 is 0 Å². The lowest BCUT2D eigenvalue weighted by molar-refractivity contribution is 0.438. The first-order valence-electron chi connectivity index (χ1n) is 8.17. The lowest BCUT2D eigenvalue weighted by Gasteiger charge is -2.32. The van der Waals surface area contributed by atoms with Crippen LogP contribution in [0.5, 0.6) is 0 Å². The molecule has 0 aromatic heterocycles. The van der Waals surface area contributed by atoms with Gasteiger partial charge in [-0.25, -0.2) is 0 Å². The lowest BCUT2D eigenvalue weighted by atomic mass is 9.99. The largest absolute Gasteiger partial charge is 0.372 e. The van der Waals surface area contributed by atoms with E-state index in [4.69, 9.17) is 0 Å². The number of nitrogens with zero attached hydrogens (tertiary/aromatic N) is 2. The molecule has 1 aromatic rings. The van der Waals surface area contributed by atoms with Gasteiger partial charge in [0.1, 0.15) is 0 Å². The van der Waals surface area contributed by atoms with Crippen molar-refractivity contribution in [2.24, 2.45) is 10.9 Å². The predicted molar refractivity (Wildman–Crippen MR) is 104 cm³/mol. The SMILES string of the molecule is CC1CCN(c2ccc(CNC3=NCCCN3)cc2)CC1.I. The number of nitrogens with one attached hydrogen (secondary N) is 2. The van der Waals surface area contributed by atoms with E-state index in [2.05, 4.69) is 51.7 Å². The molecule has 0 saturated carbocycles. The van der Waals surface area contributed by atoms with Gasteiger partial charge in [0.2, 0.25) is 0 Å². The summed E-state index contributed by atoms with van der Waals surface area (Å²) >= 11 is 0. The fourth-order valence-electron chi connectivity index (χ4n) is 2.93. The molecule has 0 unspecified atom stereocenters. The number of rotatable bonds is 3. The fraction of sp³-hybridized carbons (Fsp3) is 0.588. The van der Waals surface area contributed by atoms with Crippen molar-refractivity contribution in [2.75, 3.05) is 31.1 Å². The van der Waals surface area contributed by atoms with Crippen LogP contribution in [-0.4, -0.2) is 32.1 Å². The van der Waals surface area contributed by atoms with Crippen molar-refractivity contribution in [1.29, 1.82) is 0 Å². The van der Waals surface area contributed by atoms with Crippen molar-refractivity contribution in [3.05, 3.63) is 29.8 Å². The smallest absolute Gasteiger partial charge is 0.191 e. The third-order valence-electron chi connectivity index (χ3n) is 4.44. The maximum atomic E-state index is 4.43. The van der Waals surface area contributed by atoms with Crippen LogP contribution in [0.15, 0.2) is 29.3 Å². The molecule has 0 radical (unpaired) electrons. The number of hydrogen-bond acceptors (Lipinski definition) is 4. The Kier molecular flexibility index (Phi) is 6.79. The van der Waals surface area contributed by atoms with Crippen molar-refractivity contribution >= 4 is 35.6 Å². The van der Waals surface area contributed by atoms with E-state index in [-0.39, 0.29) is 24.0 Å². The Labute approximate surface area is 150 Å². The average Bonchev–Trinajstić information content (AvgIpc) is 2.55. The minimum atomic E-state index is 0. The van der Waals surface area contributed by atoms with Crippen LogP contribution < -0.4 is 15.5 Å². The number of benzene rings is 1. The number of piperidine rings is 1. The zero-order valence-corrected chi connectivity index (χ0v) is 15.7. The van der Waals surface area contributed by atoms with Crippen LogP contribution in [0.25, 0.3) is 0 Å². The molecule has 122 valence electrons. The highest BCUT2D eigenvalue weighted by atomic mass is 127. The van der Waals surface area contributed by atoms with Crippen LogP contribution in [0.2, 0.25) is 0 Å². The van der Waals surface area contributed by atoms with Crippen LogP contribution in [0.3, 0.4) is 0 Å². The summed E-state index contributed by atoms with van der Waals surface area (Å²) in [5.74, 6) is 1.82. The van der Waals surface area contributed by atoms with E-state index in [0.717, 1.165) is 37.9 Å². The molecule has 1 saturated heterocycles. The molecule has 1 fully saturated rings. The van der Waals surface area contributed by atoms with Crippen LogP contribution in [0.1, 0.15) is 31.7 Å². The molecule has 0 amide bonds.